The van der Waals surface area contributed by atoms with Crippen molar-refractivity contribution in [1.29, 1.82) is 0 Å². The highest BCUT2D eigenvalue weighted by molar-refractivity contribution is 5.85. The minimum atomic E-state index is -0.349. The van der Waals surface area contributed by atoms with Gasteiger partial charge in [-0.1, -0.05) is 12.1 Å². The van der Waals surface area contributed by atoms with E-state index in [2.05, 4.69) is 5.32 Å². The van der Waals surface area contributed by atoms with Crippen LogP contribution in [0.5, 0.6) is 5.75 Å². The van der Waals surface area contributed by atoms with Crippen LogP contribution in [0.2, 0.25) is 0 Å². The fourth-order valence-electron chi connectivity index (χ4n) is 1.76. The van der Waals surface area contributed by atoms with Gasteiger partial charge in [0, 0.05) is 6.42 Å². The summed E-state index contributed by atoms with van der Waals surface area (Å²) in [7, 11) is 0. The number of hydrogen-bond donors (Lipinski definition) is 1. The maximum absolute atomic E-state index is 11.1. The van der Waals surface area contributed by atoms with Crippen molar-refractivity contribution in [2.24, 2.45) is 0 Å². The van der Waals surface area contributed by atoms with Gasteiger partial charge in [0.1, 0.15) is 5.75 Å². The molecule has 4 nitrogen and oxygen atoms in total. The van der Waals surface area contributed by atoms with Gasteiger partial charge in [-0.3, -0.25) is 0 Å². The van der Waals surface area contributed by atoms with Gasteiger partial charge >= 0.3 is 6.09 Å². The Balaban J connectivity index is 0.00000144. The predicted molar refractivity (Wildman–Crippen MR) is 66.7 cm³/mol. The molecule has 1 atom stereocenters. The first-order chi connectivity index (χ1) is 7.79. The molecule has 5 heteroatoms. The molecule has 1 N–H and O–H groups in total. The van der Waals surface area contributed by atoms with Crippen LogP contribution in [0.15, 0.2) is 24.3 Å². The molecule has 0 bridgehead atoms. The third-order valence-corrected chi connectivity index (χ3v) is 2.50. The summed E-state index contributed by atoms with van der Waals surface area (Å²) in [5.41, 5.74) is 1.06. The van der Waals surface area contributed by atoms with Crippen molar-refractivity contribution in [3.05, 3.63) is 29.8 Å². The van der Waals surface area contributed by atoms with Crippen molar-refractivity contribution in [2.45, 2.75) is 19.4 Å². The monoisotopic (exact) mass is 257 g/mol. The molecule has 0 radical (unpaired) electrons. The summed E-state index contributed by atoms with van der Waals surface area (Å²) in [6.07, 6.45) is 0.444. The summed E-state index contributed by atoms with van der Waals surface area (Å²) in [4.78, 5) is 11.1. The van der Waals surface area contributed by atoms with Crippen LogP contribution in [-0.4, -0.2) is 19.3 Å². The van der Waals surface area contributed by atoms with E-state index in [0.717, 1.165) is 17.7 Å². The highest BCUT2D eigenvalue weighted by Crippen LogP contribution is 2.23. The van der Waals surface area contributed by atoms with Crippen LogP contribution in [0, 0.1) is 0 Å². The first-order valence-electron chi connectivity index (χ1n) is 5.45. The number of rotatable bonds is 3. The molecule has 0 spiro atoms. The molecule has 1 aromatic carbocycles. The molecule has 1 fully saturated rings. The molecule has 0 unspecified atom stereocenters. The van der Waals surface area contributed by atoms with Crippen molar-refractivity contribution in [3.8, 4) is 5.75 Å². The molecule has 1 amide bonds. The lowest BCUT2D eigenvalue weighted by Crippen LogP contribution is -2.35. The standard InChI is InChI=1S/C12H15NO3.ClH/c1-2-15-10-5-3-4-9(8-10)11-6-7-16-12(14)13-11;/h3-5,8,11H,2,6-7H2,1H3,(H,13,14);1H/t11-;/m0./s1. The number of carbonyl (C=O) groups is 1. The average molecular weight is 258 g/mol. The van der Waals surface area contributed by atoms with E-state index in [0.29, 0.717) is 13.2 Å². The Kier molecular flexibility index (Phi) is 5.10. The van der Waals surface area contributed by atoms with Gasteiger partial charge in [0.25, 0.3) is 0 Å². The summed E-state index contributed by atoms with van der Waals surface area (Å²) < 4.78 is 10.2. The van der Waals surface area contributed by atoms with E-state index < -0.39 is 0 Å². The second kappa shape index (κ2) is 6.35. The van der Waals surface area contributed by atoms with Crippen LogP contribution in [-0.2, 0) is 4.74 Å². The zero-order valence-electron chi connectivity index (χ0n) is 9.64. The van der Waals surface area contributed by atoms with Gasteiger partial charge in [0.15, 0.2) is 0 Å². The zero-order chi connectivity index (χ0) is 11.4. The highest BCUT2D eigenvalue weighted by atomic mass is 35.5. The Bertz CT molecular complexity index is 384. The van der Waals surface area contributed by atoms with Crippen LogP contribution >= 0.6 is 12.4 Å². The molecule has 0 saturated carbocycles. The number of nitrogens with one attached hydrogen (secondary N) is 1. The predicted octanol–water partition coefficient (Wildman–Crippen LogP) is 2.68. The molecular formula is C12H16ClNO3. The minimum absolute atomic E-state index is 0. The molecule has 1 aliphatic rings. The van der Waals surface area contributed by atoms with E-state index in [-0.39, 0.29) is 24.5 Å². The third-order valence-electron chi connectivity index (χ3n) is 2.50. The van der Waals surface area contributed by atoms with Crippen molar-refractivity contribution in [2.75, 3.05) is 13.2 Å². The van der Waals surface area contributed by atoms with Crippen molar-refractivity contribution in [3.63, 3.8) is 0 Å². The number of halogens is 1. The summed E-state index contributed by atoms with van der Waals surface area (Å²) in [6, 6.07) is 7.82. The molecule has 1 heterocycles. The molecule has 17 heavy (non-hydrogen) atoms. The van der Waals surface area contributed by atoms with Gasteiger partial charge in [0.05, 0.1) is 19.3 Å². The SMILES string of the molecule is CCOc1cccc([C@@H]2CCOC(=O)N2)c1.Cl. The Morgan fingerprint density at radius 2 is 2.35 bits per heavy atom. The van der Waals surface area contributed by atoms with Crippen LogP contribution < -0.4 is 10.1 Å². The average Bonchev–Trinajstić information content (AvgIpc) is 2.30. The van der Waals surface area contributed by atoms with Crippen molar-refractivity contribution >= 4 is 18.5 Å². The molecular weight excluding hydrogens is 242 g/mol. The van der Waals surface area contributed by atoms with Gasteiger partial charge in [0.2, 0.25) is 0 Å². The minimum Gasteiger partial charge on any atom is -0.494 e. The van der Waals surface area contributed by atoms with Gasteiger partial charge < -0.3 is 14.8 Å². The van der Waals surface area contributed by atoms with E-state index in [1.807, 2.05) is 31.2 Å². The second-order valence-corrected chi connectivity index (χ2v) is 3.63. The van der Waals surface area contributed by atoms with Gasteiger partial charge in [-0.05, 0) is 24.6 Å². The Hall–Kier alpha value is -1.42. The number of benzene rings is 1. The summed E-state index contributed by atoms with van der Waals surface area (Å²) in [5.74, 6) is 0.834. The number of alkyl carbamates (subject to hydrolysis) is 1. The van der Waals surface area contributed by atoms with Gasteiger partial charge in [-0.2, -0.15) is 0 Å². The maximum atomic E-state index is 11.1. The quantitative estimate of drug-likeness (QED) is 0.906. The highest BCUT2D eigenvalue weighted by Gasteiger charge is 2.20. The largest absolute Gasteiger partial charge is 0.494 e. The number of ether oxygens (including phenoxy) is 2. The van der Waals surface area contributed by atoms with E-state index >= 15 is 0 Å². The lowest BCUT2D eigenvalue weighted by molar-refractivity contribution is 0.115. The Labute approximate surface area is 107 Å². The summed E-state index contributed by atoms with van der Waals surface area (Å²) >= 11 is 0. The van der Waals surface area contributed by atoms with Crippen LogP contribution in [0.4, 0.5) is 4.79 Å². The fourth-order valence-corrected chi connectivity index (χ4v) is 1.76. The van der Waals surface area contributed by atoms with Crippen molar-refractivity contribution < 1.29 is 14.3 Å². The molecule has 0 aliphatic carbocycles. The third kappa shape index (κ3) is 3.53. The molecule has 94 valence electrons. The maximum Gasteiger partial charge on any atom is 0.407 e. The van der Waals surface area contributed by atoms with Gasteiger partial charge in [-0.15, -0.1) is 12.4 Å². The van der Waals surface area contributed by atoms with Crippen LogP contribution in [0.3, 0.4) is 0 Å². The zero-order valence-corrected chi connectivity index (χ0v) is 10.5. The van der Waals surface area contributed by atoms with Crippen LogP contribution in [0.25, 0.3) is 0 Å². The molecule has 0 aromatic heterocycles. The van der Waals surface area contributed by atoms with Crippen molar-refractivity contribution in [1.82, 2.24) is 5.32 Å². The van der Waals surface area contributed by atoms with Crippen LogP contribution in [0.1, 0.15) is 24.9 Å². The Morgan fingerprint density at radius 1 is 1.53 bits per heavy atom. The van der Waals surface area contributed by atoms with E-state index in [9.17, 15) is 4.79 Å². The number of carbonyl (C=O) groups excluding carboxylic acids is 1. The number of hydrogen-bond acceptors (Lipinski definition) is 3. The summed E-state index contributed by atoms with van der Waals surface area (Å²) in [5, 5.41) is 2.79. The van der Waals surface area contributed by atoms with Gasteiger partial charge in [-0.25, -0.2) is 4.79 Å². The lowest BCUT2D eigenvalue weighted by atomic mass is 10.0. The molecule has 1 aromatic rings. The normalized spacial score (nSPS) is 18.6. The molecule has 2 rings (SSSR count). The second-order valence-electron chi connectivity index (χ2n) is 3.63. The number of cyclic esters (lactones) is 1. The Morgan fingerprint density at radius 3 is 3.06 bits per heavy atom. The number of amides is 1. The topological polar surface area (TPSA) is 47.6 Å². The fraction of sp³-hybridized carbons (Fsp3) is 0.417. The summed E-state index contributed by atoms with van der Waals surface area (Å²) in [6.45, 7) is 3.06. The first kappa shape index (κ1) is 13.6. The molecule has 1 aliphatic heterocycles. The van der Waals surface area contributed by atoms with E-state index in [1.165, 1.54) is 0 Å². The van der Waals surface area contributed by atoms with E-state index in [1.54, 1.807) is 0 Å². The lowest BCUT2D eigenvalue weighted by Gasteiger charge is -2.23. The van der Waals surface area contributed by atoms with E-state index in [4.69, 9.17) is 9.47 Å². The smallest absolute Gasteiger partial charge is 0.407 e. The first-order valence-corrected chi connectivity index (χ1v) is 5.45. The molecule has 1 saturated heterocycles.